The van der Waals surface area contributed by atoms with Crippen LogP contribution in [0, 0.1) is 13.8 Å². The van der Waals surface area contributed by atoms with E-state index in [4.69, 9.17) is 0 Å². The number of H-pyrrole nitrogens is 1. The highest BCUT2D eigenvalue weighted by Crippen LogP contribution is 2.19. The summed E-state index contributed by atoms with van der Waals surface area (Å²) in [6, 6.07) is 4.05. The van der Waals surface area contributed by atoms with E-state index in [2.05, 4.69) is 9.97 Å². The molecule has 0 atom stereocenters. The van der Waals surface area contributed by atoms with Crippen LogP contribution in [0.4, 0.5) is 0 Å². The Morgan fingerprint density at radius 3 is 2.44 bits per heavy atom. The smallest absolute Gasteiger partial charge is 0.161 e. The Balaban J connectivity index is 2.16. The van der Waals surface area contributed by atoms with E-state index in [0.29, 0.717) is 0 Å². The van der Waals surface area contributed by atoms with Crippen molar-refractivity contribution in [3.05, 3.63) is 52.6 Å². The Hall–Kier alpha value is -1.90. The SMILES string of the molecule is CC(=O)c1c(C)[nH]c(CCc2ccncc2)c1C. The fourth-order valence-corrected chi connectivity index (χ4v) is 2.41. The molecule has 0 bridgehead atoms. The molecule has 2 aromatic rings. The van der Waals surface area contributed by atoms with Gasteiger partial charge in [-0.15, -0.1) is 0 Å². The predicted molar refractivity (Wildman–Crippen MR) is 71.9 cm³/mol. The lowest BCUT2D eigenvalue weighted by molar-refractivity contribution is 0.101. The maximum absolute atomic E-state index is 11.5. The number of aromatic nitrogens is 2. The lowest BCUT2D eigenvalue weighted by Gasteiger charge is -2.01. The van der Waals surface area contributed by atoms with Crippen LogP contribution in [0.2, 0.25) is 0 Å². The summed E-state index contributed by atoms with van der Waals surface area (Å²) in [7, 11) is 0. The Labute approximate surface area is 107 Å². The summed E-state index contributed by atoms with van der Waals surface area (Å²) in [5.41, 5.74) is 5.34. The highest BCUT2D eigenvalue weighted by Gasteiger charge is 2.14. The molecule has 0 unspecified atom stereocenters. The Kier molecular flexibility index (Phi) is 3.60. The average molecular weight is 242 g/mol. The van der Waals surface area contributed by atoms with Crippen molar-refractivity contribution in [3.8, 4) is 0 Å². The van der Waals surface area contributed by atoms with Crippen LogP contribution in [0.25, 0.3) is 0 Å². The van der Waals surface area contributed by atoms with E-state index in [0.717, 1.165) is 35.4 Å². The van der Waals surface area contributed by atoms with E-state index in [-0.39, 0.29) is 5.78 Å². The maximum atomic E-state index is 11.5. The van der Waals surface area contributed by atoms with Crippen molar-refractivity contribution in [2.75, 3.05) is 0 Å². The van der Waals surface area contributed by atoms with Gasteiger partial charge in [0.15, 0.2) is 5.78 Å². The Morgan fingerprint density at radius 2 is 1.89 bits per heavy atom. The van der Waals surface area contributed by atoms with E-state index in [1.54, 1.807) is 6.92 Å². The zero-order chi connectivity index (χ0) is 13.1. The van der Waals surface area contributed by atoms with E-state index in [1.165, 1.54) is 5.56 Å². The molecule has 0 saturated carbocycles. The van der Waals surface area contributed by atoms with Crippen LogP contribution in [-0.2, 0) is 12.8 Å². The molecule has 0 fully saturated rings. The fraction of sp³-hybridized carbons (Fsp3) is 0.333. The van der Waals surface area contributed by atoms with Gasteiger partial charge in [0.1, 0.15) is 0 Å². The lowest BCUT2D eigenvalue weighted by atomic mass is 10.0. The summed E-state index contributed by atoms with van der Waals surface area (Å²) >= 11 is 0. The fourth-order valence-electron chi connectivity index (χ4n) is 2.41. The quantitative estimate of drug-likeness (QED) is 0.838. The summed E-state index contributed by atoms with van der Waals surface area (Å²) in [5, 5.41) is 0. The van der Waals surface area contributed by atoms with Crippen LogP contribution in [-0.4, -0.2) is 15.8 Å². The highest BCUT2D eigenvalue weighted by atomic mass is 16.1. The molecule has 3 nitrogen and oxygen atoms in total. The van der Waals surface area contributed by atoms with Gasteiger partial charge in [0.05, 0.1) is 0 Å². The molecular weight excluding hydrogens is 224 g/mol. The number of nitrogens with one attached hydrogen (secondary N) is 1. The molecule has 0 aromatic carbocycles. The molecule has 94 valence electrons. The monoisotopic (exact) mass is 242 g/mol. The van der Waals surface area contributed by atoms with E-state index in [9.17, 15) is 4.79 Å². The normalized spacial score (nSPS) is 10.6. The molecule has 2 aromatic heterocycles. The molecule has 0 aliphatic rings. The molecule has 2 rings (SSSR count). The van der Waals surface area contributed by atoms with E-state index < -0.39 is 0 Å². The Bertz CT molecular complexity index is 555. The van der Waals surface area contributed by atoms with E-state index >= 15 is 0 Å². The third-order valence-corrected chi connectivity index (χ3v) is 3.31. The number of ketones is 1. The molecule has 3 heteroatoms. The minimum atomic E-state index is 0.136. The van der Waals surface area contributed by atoms with Gasteiger partial charge in [0, 0.05) is 29.3 Å². The number of Topliss-reactive ketones (excluding diaryl/α,β-unsaturated/α-hetero) is 1. The first kappa shape index (κ1) is 12.6. The second-order valence-corrected chi connectivity index (χ2v) is 4.64. The van der Waals surface area contributed by atoms with Gasteiger partial charge in [-0.3, -0.25) is 9.78 Å². The van der Waals surface area contributed by atoms with Gasteiger partial charge in [-0.2, -0.15) is 0 Å². The highest BCUT2D eigenvalue weighted by molar-refractivity contribution is 5.97. The third kappa shape index (κ3) is 2.50. The second kappa shape index (κ2) is 5.17. The number of rotatable bonds is 4. The van der Waals surface area contributed by atoms with Gasteiger partial charge in [-0.1, -0.05) is 0 Å². The first-order valence-corrected chi connectivity index (χ1v) is 6.17. The summed E-state index contributed by atoms with van der Waals surface area (Å²) in [5.74, 6) is 0.136. The van der Waals surface area contributed by atoms with E-state index in [1.807, 2.05) is 38.4 Å². The van der Waals surface area contributed by atoms with Gasteiger partial charge in [0.25, 0.3) is 0 Å². The van der Waals surface area contributed by atoms with Gasteiger partial charge in [0.2, 0.25) is 0 Å². The van der Waals surface area contributed by atoms with Crippen LogP contribution in [0.15, 0.2) is 24.5 Å². The number of hydrogen-bond acceptors (Lipinski definition) is 2. The standard InChI is InChI=1S/C15H18N2O/c1-10-14(17-11(2)15(10)12(3)18)5-4-13-6-8-16-9-7-13/h6-9,17H,4-5H2,1-3H3. The average Bonchev–Trinajstić information content (AvgIpc) is 2.63. The molecule has 18 heavy (non-hydrogen) atoms. The maximum Gasteiger partial charge on any atom is 0.161 e. The van der Waals surface area contributed by atoms with Crippen molar-refractivity contribution >= 4 is 5.78 Å². The molecule has 0 aliphatic carbocycles. The molecule has 0 spiro atoms. The first-order valence-electron chi connectivity index (χ1n) is 6.17. The lowest BCUT2D eigenvalue weighted by Crippen LogP contribution is -1.96. The van der Waals surface area contributed by atoms with Crippen molar-refractivity contribution in [2.45, 2.75) is 33.6 Å². The van der Waals surface area contributed by atoms with Gasteiger partial charge < -0.3 is 4.98 Å². The summed E-state index contributed by atoms with van der Waals surface area (Å²) in [4.78, 5) is 18.9. The zero-order valence-electron chi connectivity index (χ0n) is 11.1. The van der Waals surface area contributed by atoms with Crippen LogP contribution >= 0.6 is 0 Å². The van der Waals surface area contributed by atoms with Gasteiger partial charge in [-0.25, -0.2) is 0 Å². The number of carbonyl (C=O) groups excluding carboxylic acids is 1. The van der Waals surface area contributed by atoms with Crippen molar-refractivity contribution in [1.29, 1.82) is 0 Å². The van der Waals surface area contributed by atoms with Crippen LogP contribution in [0.1, 0.15) is 39.8 Å². The zero-order valence-corrected chi connectivity index (χ0v) is 11.1. The number of hydrogen-bond donors (Lipinski definition) is 1. The third-order valence-electron chi connectivity index (χ3n) is 3.31. The number of aryl methyl sites for hydroxylation is 3. The van der Waals surface area contributed by atoms with Gasteiger partial charge in [-0.05, 0) is 56.9 Å². The number of aromatic amines is 1. The molecular formula is C15H18N2O. The minimum Gasteiger partial charge on any atom is -0.362 e. The molecule has 0 radical (unpaired) electrons. The van der Waals surface area contributed by atoms with Gasteiger partial charge >= 0.3 is 0 Å². The molecule has 2 heterocycles. The second-order valence-electron chi connectivity index (χ2n) is 4.64. The predicted octanol–water partition coefficient (Wildman–Crippen LogP) is 3.01. The van der Waals surface area contributed by atoms with Crippen LogP contribution in [0.5, 0.6) is 0 Å². The molecule has 0 aliphatic heterocycles. The summed E-state index contributed by atoms with van der Waals surface area (Å²) < 4.78 is 0. The molecule has 1 N–H and O–H groups in total. The summed E-state index contributed by atoms with van der Waals surface area (Å²) in [6.07, 6.45) is 5.50. The van der Waals surface area contributed by atoms with Crippen molar-refractivity contribution < 1.29 is 4.79 Å². The molecule has 0 saturated heterocycles. The number of carbonyl (C=O) groups is 1. The van der Waals surface area contributed by atoms with Crippen LogP contribution in [0.3, 0.4) is 0 Å². The van der Waals surface area contributed by atoms with Crippen molar-refractivity contribution in [2.24, 2.45) is 0 Å². The largest absolute Gasteiger partial charge is 0.362 e. The number of nitrogens with zero attached hydrogens (tertiary/aromatic N) is 1. The number of pyridine rings is 1. The summed E-state index contributed by atoms with van der Waals surface area (Å²) in [6.45, 7) is 5.59. The van der Waals surface area contributed by atoms with Crippen molar-refractivity contribution in [3.63, 3.8) is 0 Å². The van der Waals surface area contributed by atoms with Crippen LogP contribution < -0.4 is 0 Å². The topological polar surface area (TPSA) is 45.8 Å². The first-order chi connectivity index (χ1) is 8.59. The minimum absolute atomic E-state index is 0.136. The van der Waals surface area contributed by atoms with Crippen molar-refractivity contribution in [1.82, 2.24) is 9.97 Å². The molecule has 0 amide bonds. The Morgan fingerprint density at radius 1 is 1.22 bits per heavy atom.